The van der Waals surface area contributed by atoms with Crippen LogP contribution >= 0.6 is 0 Å². The van der Waals surface area contributed by atoms with Crippen LogP contribution in [0.3, 0.4) is 0 Å². The van der Waals surface area contributed by atoms with E-state index in [1.807, 2.05) is 0 Å². The SMILES string of the molecule is CCCCCCCCOc1ccc(C(=O)Oc2ccc(/C=N/O)cc2)cc1. The molecule has 5 nitrogen and oxygen atoms in total. The summed E-state index contributed by atoms with van der Waals surface area (Å²) < 4.78 is 11.0. The Balaban J connectivity index is 1.76. The van der Waals surface area contributed by atoms with Crippen molar-refractivity contribution in [3.05, 3.63) is 59.7 Å². The Labute approximate surface area is 160 Å². The lowest BCUT2D eigenvalue weighted by atomic mass is 10.1. The fourth-order valence-corrected chi connectivity index (χ4v) is 2.61. The molecule has 0 fully saturated rings. The van der Waals surface area contributed by atoms with Gasteiger partial charge >= 0.3 is 5.97 Å². The van der Waals surface area contributed by atoms with Crippen molar-refractivity contribution in [2.24, 2.45) is 5.16 Å². The lowest BCUT2D eigenvalue weighted by Crippen LogP contribution is -2.08. The Morgan fingerprint density at radius 3 is 2.22 bits per heavy atom. The van der Waals surface area contributed by atoms with Crippen molar-refractivity contribution in [2.75, 3.05) is 6.61 Å². The molecule has 0 aliphatic rings. The molecule has 0 heterocycles. The Morgan fingerprint density at radius 2 is 1.56 bits per heavy atom. The number of esters is 1. The van der Waals surface area contributed by atoms with Gasteiger partial charge in [0.2, 0.25) is 0 Å². The van der Waals surface area contributed by atoms with Gasteiger partial charge in [0.15, 0.2) is 0 Å². The van der Waals surface area contributed by atoms with Gasteiger partial charge in [0.1, 0.15) is 11.5 Å². The average Bonchev–Trinajstić information content (AvgIpc) is 2.69. The van der Waals surface area contributed by atoms with Crippen molar-refractivity contribution >= 4 is 12.2 Å². The van der Waals surface area contributed by atoms with Crippen LogP contribution in [0, 0.1) is 0 Å². The molecule has 0 saturated carbocycles. The van der Waals surface area contributed by atoms with Crippen LogP contribution in [-0.4, -0.2) is 24.0 Å². The van der Waals surface area contributed by atoms with Crippen molar-refractivity contribution in [3.63, 3.8) is 0 Å². The monoisotopic (exact) mass is 369 g/mol. The largest absolute Gasteiger partial charge is 0.494 e. The van der Waals surface area contributed by atoms with Crippen LogP contribution in [0.2, 0.25) is 0 Å². The fraction of sp³-hybridized carbons (Fsp3) is 0.364. The van der Waals surface area contributed by atoms with E-state index in [0.717, 1.165) is 12.2 Å². The first-order valence-corrected chi connectivity index (χ1v) is 9.45. The molecule has 2 aromatic carbocycles. The molecule has 0 aliphatic heterocycles. The second kappa shape index (κ2) is 11.7. The highest BCUT2D eigenvalue weighted by molar-refractivity contribution is 5.91. The van der Waals surface area contributed by atoms with Crippen LogP contribution in [0.15, 0.2) is 53.7 Å². The number of hydrogen-bond donors (Lipinski definition) is 1. The van der Waals surface area contributed by atoms with Crippen molar-refractivity contribution in [3.8, 4) is 11.5 Å². The molecule has 2 rings (SSSR count). The number of unbranched alkanes of at least 4 members (excludes halogenated alkanes) is 5. The summed E-state index contributed by atoms with van der Waals surface area (Å²) in [7, 11) is 0. The molecule has 5 heteroatoms. The Bertz CT molecular complexity index is 708. The number of oxime groups is 1. The van der Waals surface area contributed by atoms with Gasteiger partial charge in [-0.25, -0.2) is 4.79 Å². The molecule has 0 unspecified atom stereocenters. The van der Waals surface area contributed by atoms with Crippen LogP contribution in [0.25, 0.3) is 0 Å². The number of carbonyl (C=O) groups excluding carboxylic acids is 1. The van der Waals surface area contributed by atoms with Gasteiger partial charge in [-0.3, -0.25) is 0 Å². The smallest absolute Gasteiger partial charge is 0.343 e. The summed E-state index contributed by atoms with van der Waals surface area (Å²) in [4.78, 5) is 12.2. The minimum absolute atomic E-state index is 0.429. The number of ether oxygens (including phenoxy) is 2. The maximum atomic E-state index is 12.2. The first-order valence-electron chi connectivity index (χ1n) is 9.45. The van der Waals surface area contributed by atoms with Gasteiger partial charge in [-0.1, -0.05) is 44.2 Å². The maximum absolute atomic E-state index is 12.2. The molecular weight excluding hydrogens is 342 g/mol. The highest BCUT2D eigenvalue weighted by Crippen LogP contribution is 2.17. The quantitative estimate of drug-likeness (QED) is 0.143. The van der Waals surface area contributed by atoms with Crippen molar-refractivity contribution in [2.45, 2.75) is 45.4 Å². The minimum Gasteiger partial charge on any atom is -0.494 e. The van der Waals surface area contributed by atoms with E-state index in [1.54, 1.807) is 48.5 Å². The van der Waals surface area contributed by atoms with Gasteiger partial charge in [-0.05, 0) is 60.5 Å². The first-order chi connectivity index (χ1) is 13.2. The lowest BCUT2D eigenvalue weighted by molar-refractivity contribution is 0.0734. The zero-order chi connectivity index (χ0) is 19.3. The van der Waals surface area contributed by atoms with Gasteiger partial charge in [-0.2, -0.15) is 0 Å². The second-order valence-electron chi connectivity index (χ2n) is 6.34. The summed E-state index contributed by atoms with van der Waals surface area (Å²) in [6.45, 7) is 2.91. The third kappa shape index (κ3) is 7.52. The summed E-state index contributed by atoms with van der Waals surface area (Å²) in [6.07, 6.45) is 8.66. The molecule has 144 valence electrons. The van der Waals surface area contributed by atoms with Crippen LogP contribution in [-0.2, 0) is 0 Å². The van der Waals surface area contributed by atoms with Crippen LogP contribution < -0.4 is 9.47 Å². The predicted octanol–water partition coefficient (Wildman–Crippen LogP) is 5.45. The van der Waals surface area contributed by atoms with Crippen molar-refractivity contribution in [1.29, 1.82) is 0 Å². The summed E-state index contributed by atoms with van der Waals surface area (Å²) >= 11 is 0. The summed E-state index contributed by atoms with van der Waals surface area (Å²) in [5.41, 5.74) is 1.17. The molecule has 1 N–H and O–H groups in total. The van der Waals surface area contributed by atoms with E-state index >= 15 is 0 Å². The molecule has 0 atom stereocenters. The van der Waals surface area contributed by atoms with Crippen LogP contribution in [0.5, 0.6) is 11.5 Å². The normalized spacial score (nSPS) is 10.9. The van der Waals surface area contributed by atoms with E-state index in [1.165, 1.54) is 38.3 Å². The number of nitrogens with zero attached hydrogens (tertiary/aromatic N) is 1. The Kier molecular flexibility index (Phi) is 8.90. The standard InChI is InChI=1S/C22H27NO4/c1-2-3-4-5-6-7-16-26-20-14-10-19(11-15-20)22(24)27-21-12-8-18(9-13-21)17-23-25/h8-15,17,25H,2-7,16H2,1H3/b23-17+. The van der Waals surface area contributed by atoms with Gasteiger partial charge < -0.3 is 14.7 Å². The molecule has 27 heavy (non-hydrogen) atoms. The molecule has 0 saturated heterocycles. The molecule has 2 aromatic rings. The molecule has 0 amide bonds. The average molecular weight is 369 g/mol. The second-order valence-corrected chi connectivity index (χ2v) is 6.34. The first kappa shape index (κ1) is 20.5. The summed E-state index contributed by atoms with van der Waals surface area (Å²) in [6, 6.07) is 13.7. The van der Waals surface area contributed by atoms with E-state index in [0.29, 0.717) is 23.5 Å². The van der Waals surface area contributed by atoms with E-state index in [4.69, 9.17) is 14.7 Å². The lowest BCUT2D eigenvalue weighted by Gasteiger charge is -2.08. The molecule has 0 radical (unpaired) electrons. The van der Waals surface area contributed by atoms with Gasteiger partial charge in [0.25, 0.3) is 0 Å². The van der Waals surface area contributed by atoms with Crippen molar-refractivity contribution in [1.82, 2.24) is 0 Å². The highest BCUT2D eigenvalue weighted by atomic mass is 16.5. The van der Waals surface area contributed by atoms with E-state index in [9.17, 15) is 4.79 Å². The van der Waals surface area contributed by atoms with E-state index < -0.39 is 5.97 Å². The minimum atomic E-state index is -0.430. The zero-order valence-corrected chi connectivity index (χ0v) is 15.8. The Morgan fingerprint density at radius 1 is 0.926 bits per heavy atom. The number of benzene rings is 2. The van der Waals surface area contributed by atoms with Crippen LogP contribution in [0.1, 0.15) is 61.4 Å². The fourth-order valence-electron chi connectivity index (χ4n) is 2.61. The molecule has 0 bridgehead atoms. The number of carbonyl (C=O) groups is 1. The molecule has 0 aliphatic carbocycles. The molecule has 0 aromatic heterocycles. The van der Waals surface area contributed by atoms with Gasteiger partial charge in [0, 0.05) is 0 Å². The Hall–Kier alpha value is -2.82. The number of hydrogen-bond acceptors (Lipinski definition) is 5. The van der Waals surface area contributed by atoms with Crippen LogP contribution in [0.4, 0.5) is 0 Å². The third-order valence-corrected chi connectivity index (χ3v) is 4.15. The number of rotatable bonds is 11. The zero-order valence-electron chi connectivity index (χ0n) is 15.8. The van der Waals surface area contributed by atoms with Gasteiger partial charge in [0.05, 0.1) is 18.4 Å². The maximum Gasteiger partial charge on any atom is 0.343 e. The third-order valence-electron chi connectivity index (χ3n) is 4.15. The molecular formula is C22H27NO4. The topological polar surface area (TPSA) is 68.1 Å². The van der Waals surface area contributed by atoms with E-state index in [2.05, 4.69) is 12.1 Å². The molecule has 0 spiro atoms. The van der Waals surface area contributed by atoms with Gasteiger partial charge in [-0.15, -0.1) is 0 Å². The highest BCUT2D eigenvalue weighted by Gasteiger charge is 2.09. The van der Waals surface area contributed by atoms with Crippen molar-refractivity contribution < 1.29 is 19.5 Å². The summed E-state index contributed by atoms with van der Waals surface area (Å²) in [5, 5.41) is 11.4. The van der Waals surface area contributed by atoms with E-state index in [-0.39, 0.29) is 0 Å². The summed E-state index contributed by atoms with van der Waals surface area (Å²) in [5.74, 6) is 0.757. The predicted molar refractivity (Wildman–Crippen MR) is 106 cm³/mol.